The highest BCUT2D eigenvalue weighted by atomic mass is 35.5. The molecule has 0 spiro atoms. The standard InChI is InChI=1S/C21H21ClN2O6S/c1-3-5-14-10-20(25)30-19-12-16(8-9-18(14)19)29-13(2)21(26)23-24-31(27,28)17-7-4-6-15(22)11-17/h4,6-13,24H,3,5H2,1-2H3,(H,23,26). The number of amides is 1. The summed E-state index contributed by atoms with van der Waals surface area (Å²) in [4.78, 5) is 26.0. The molecule has 0 bridgehead atoms. The molecule has 1 heterocycles. The number of carbonyl (C=O) groups excluding carboxylic acids is 1. The first kappa shape index (κ1) is 22.8. The third-order valence-electron chi connectivity index (χ3n) is 4.42. The van der Waals surface area contributed by atoms with Crippen molar-refractivity contribution in [2.75, 3.05) is 0 Å². The molecule has 1 atom stereocenters. The van der Waals surface area contributed by atoms with Gasteiger partial charge in [-0.3, -0.25) is 10.2 Å². The van der Waals surface area contributed by atoms with Gasteiger partial charge in [-0.05, 0) is 49.2 Å². The summed E-state index contributed by atoms with van der Waals surface area (Å²) in [5.41, 5.74) is 2.88. The zero-order valence-corrected chi connectivity index (χ0v) is 18.4. The second-order valence-corrected chi connectivity index (χ2v) is 8.93. The third-order valence-corrected chi connectivity index (χ3v) is 5.90. The summed E-state index contributed by atoms with van der Waals surface area (Å²) in [6.45, 7) is 3.47. The average Bonchev–Trinajstić information content (AvgIpc) is 2.72. The molecule has 0 saturated heterocycles. The molecule has 31 heavy (non-hydrogen) atoms. The lowest BCUT2D eigenvalue weighted by molar-refractivity contribution is -0.127. The van der Waals surface area contributed by atoms with Crippen molar-refractivity contribution >= 4 is 38.5 Å². The average molecular weight is 465 g/mol. The van der Waals surface area contributed by atoms with Crippen molar-refractivity contribution in [1.29, 1.82) is 0 Å². The molecule has 0 radical (unpaired) electrons. The van der Waals surface area contributed by atoms with Gasteiger partial charge in [-0.2, -0.15) is 0 Å². The zero-order chi connectivity index (χ0) is 22.6. The van der Waals surface area contributed by atoms with Crippen LogP contribution in [-0.4, -0.2) is 20.4 Å². The van der Waals surface area contributed by atoms with Gasteiger partial charge in [0.15, 0.2) is 6.10 Å². The molecule has 3 aromatic rings. The van der Waals surface area contributed by atoms with Crippen molar-refractivity contribution in [3.8, 4) is 5.75 Å². The Morgan fingerprint density at radius 2 is 1.97 bits per heavy atom. The van der Waals surface area contributed by atoms with E-state index in [9.17, 15) is 18.0 Å². The molecule has 1 amide bonds. The Labute approximate surface area is 184 Å². The van der Waals surface area contributed by atoms with Crippen LogP contribution in [0.5, 0.6) is 5.75 Å². The van der Waals surface area contributed by atoms with Gasteiger partial charge in [0.1, 0.15) is 11.3 Å². The highest BCUT2D eigenvalue weighted by molar-refractivity contribution is 7.89. The number of carbonyl (C=O) groups is 1. The number of hydrogen-bond acceptors (Lipinski definition) is 6. The Balaban J connectivity index is 1.69. The number of rotatable bonds is 8. The van der Waals surface area contributed by atoms with E-state index in [-0.39, 0.29) is 9.92 Å². The Hall–Kier alpha value is -2.88. The minimum Gasteiger partial charge on any atom is -0.481 e. The SMILES string of the molecule is CCCc1cc(=O)oc2cc(OC(C)C(=O)NNS(=O)(=O)c3cccc(Cl)c3)ccc12. The molecule has 164 valence electrons. The molecule has 1 aromatic heterocycles. The molecular weight excluding hydrogens is 444 g/mol. The van der Waals surface area contributed by atoms with Gasteiger partial charge in [-0.25, -0.2) is 13.2 Å². The van der Waals surface area contributed by atoms with E-state index in [2.05, 4.69) is 5.43 Å². The van der Waals surface area contributed by atoms with E-state index >= 15 is 0 Å². The van der Waals surface area contributed by atoms with Crippen molar-refractivity contribution in [3.63, 3.8) is 0 Å². The molecule has 2 aromatic carbocycles. The minimum atomic E-state index is -4.00. The maximum Gasteiger partial charge on any atom is 0.336 e. The molecule has 8 nitrogen and oxygen atoms in total. The molecular formula is C21H21ClN2O6S. The van der Waals surface area contributed by atoms with Gasteiger partial charge in [0.25, 0.3) is 15.9 Å². The second-order valence-electron chi connectivity index (χ2n) is 6.81. The fraction of sp³-hybridized carbons (Fsp3) is 0.238. The van der Waals surface area contributed by atoms with Crippen LogP contribution in [0.1, 0.15) is 25.8 Å². The lowest BCUT2D eigenvalue weighted by Crippen LogP contribution is -2.47. The van der Waals surface area contributed by atoms with E-state index in [0.717, 1.165) is 23.8 Å². The van der Waals surface area contributed by atoms with Gasteiger partial charge in [-0.1, -0.05) is 31.0 Å². The van der Waals surface area contributed by atoms with Crippen LogP contribution in [0.4, 0.5) is 0 Å². The number of benzene rings is 2. The lowest BCUT2D eigenvalue weighted by atomic mass is 10.1. The van der Waals surface area contributed by atoms with Crippen LogP contribution >= 0.6 is 11.6 Å². The summed E-state index contributed by atoms with van der Waals surface area (Å²) in [6.07, 6.45) is 0.567. The Bertz CT molecular complexity index is 1270. The summed E-state index contributed by atoms with van der Waals surface area (Å²) in [5, 5.41) is 1.04. The largest absolute Gasteiger partial charge is 0.481 e. The number of fused-ring (bicyclic) bond motifs is 1. The first-order valence-corrected chi connectivity index (χ1v) is 11.4. The predicted octanol–water partition coefficient (Wildman–Crippen LogP) is 3.18. The van der Waals surface area contributed by atoms with Crippen LogP contribution in [0.3, 0.4) is 0 Å². The summed E-state index contributed by atoms with van der Waals surface area (Å²) in [6, 6.07) is 12.0. The molecule has 1 unspecified atom stereocenters. The van der Waals surface area contributed by atoms with Crippen LogP contribution in [0.15, 0.2) is 62.6 Å². The highest BCUT2D eigenvalue weighted by Gasteiger charge is 2.20. The monoisotopic (exact) mass is 464 g/mol. The van der Waals surface area contributed by atoms with E-state index in [1.807, 2.05) is 11.8 Å². The highest BCUT2D eigenvalue weighted by Crippen LogP contribution is 2.24. The molecule has 0 aliphatic carbocycles. The molecule has 3 rings (SSSR count). The van der Waals surface area contributed by atoms with Crippen LogP contribution in [0.25, 0.3) is 11.0 Å². The maximum absolute atomic E-state index is 12.3. The van der Waals surface area contributed by atoms with E-state index < -0.39 is 27.7 Å². The van der Waals surface area contributed by atoms with Crippen molar-refractivity contribution in [2.45, 2.75) is 37.7 Å². The van der Waals surface area contributed by atoms with Crippen LogP contribution in [0, 0.1) is 0 Å². The second kappa shape index (κ2) is 9.51. The molecule has 2 N–H and O–H groups in total. The van der Waals surface area contributed by atoms with Crippen molar-refractivity contribution in [3.05, 3.63) is 69.5 Å². The first-order valence-electron chi connectivity index (χ1n) is 9.50. The topological polar surface area (TPSA) is 115 Å². The molecule has 0 aliphatic rings. The Morgan fingerprint density at radius 1 is 1.19 bits per heavy atom. The zero-order valence-electron chi connectivity index (χ0n) is 16.8. The van der Waals surface area contributed by atoms with Gasteiger partial charge in [0, 0.05) is 22.5 Å². The smallest absolute Gasteiger partial charge is 0.336 e. The number of halogens is 1. The Kier molecular flexibility index (Phi) is 6.99. The summed E-state index contributed by atoms with van der Waals surface area (Å²) in [5.74, 6) is -0.420. The van der Waals surface area contributed by atoms with Gasteiger partial charge in [0.05, 0.1) is 4.90 Å². The summed E-state index contributed by atoms with van der Waals surface area (Å²) >= 11 is 5.81. The first-order chi connectivity index (χ1) is 14.7. The lowest BCUT2D eigenvalue weighted by Gasteiger charge is -2.16. The molecule has 0 saturated carbocycles. The molecule has 0 aliphatic heterocycles. The van der Waals surface area contributed by atoms with Crippen molar-refractivity contribution < 1.29 is 22.4 Å². The van der Waals surface area contributed by atoms with E-state index in [1.165, 1.54) is 43.3 Å². The number of aryl methyl sites for hydroxylation is 1. The molecule has 0 fully saturated rings. The number of sulfonamides is 1. The number of hydrazine groups is 1. The fourth-order valence-electron chi connectivity index (χ4n) is 2.93. The van der Waals surface area contributed by atoms with Gasteiger partial charge >= 0.3 is 5.63 Å². The van der Waals surface area contributed by atoms with E-state index in [4.69, 9.17) is 20.8 Å². The normalized spacial score (nSPS) is 12.5. The van der Waals surface area contributed by atoms with Gasteiger partial charge in [0.2, 0.25) is 0 Å². The predicted molar refractivity (Wildman–Crippen MR) is 116 cm³/mol. The number of hydrogen-bond donors (Lipinski definition) is 2. The van der Waals surface area contributed by atoms with Gasteiger partial charge < -0.3 is 9.15 Å². The van der Waals surface area contributed by atoms with E-state index in [0.29, 0.717) is 11.3 Å². The van der Waals surface area contributed by atoms with Gasteiger partial charge in [-0.15, -0.1) is 4.83 Å². The van der Waals surface area contributed by atoms with Crippen molar-refractivity contribution in [1.82, 2.24) is 10.3 Å². The summed E-state index contributed by atoms with van der Waals surface area (Å²) in [7, 11) is -4.00. The van der Waals surface area contributed by atoms with Crippen molar-refractivity contribution in [2.24, 2.45) is 0 Å². The number of nitrogens with one attached hydrogen (secondary N) is 2. The summed E-state index contributed by atoms with van der Waals surface area (Å²) < 4.78 is 35.4. The number of ether oxygens (including phenoxy) is 1. The van der Waals surface area contributed by atoms with E-state index in [1.54, 1.807) is 12.1 Å². The third kappa shape index (κ3) is 5.63. The maximum atomic E-state index is 12.3. The Morgan fingerprint density at radius 3 is 2.68 bits per heavy atom. The molecule has 10 heteroatoms. The van der Waals surface area contributed by atoms with Crippen LogP contribution in [0.2, 0.25) is 5.02 Å². The minimum absolute atomic E-state index is 0.0960. The fourth-order valence-corrected chi connectivity index (χ4v) is 4.08. The van der Waals surface area contributed by atoms with Crippen LogP contribution in [-0.2, 0) is 21.2 Å². The van der Waals surface area contributed by atoms with Crippen LogP contribution < -0.4 is 20.6 Å². The quantitative estimate of drug-likeness (QED) is 0.391.